The van der Waals surface area contributed by atoms with Gasteiger partial charge in [0.2, 0.25) is 0 Å². The number of imidazole rings is 1. The molecule has 0 saturated carbocycles. The number of aliphatic hydroxyl groups is 4. The maximum absolute atomic E-state index is 13.4. The van der Waals surface area contributed by atoms with E-state index in [2.05, 4.69) is 9.97 Å². The molecule has 4 rings (SSSR count). The average Bonchev–Trinajstić information content (AvgIpc) is 3.10. The minimum absolute atomic E-state index is 0.379. The van der Waals surface area contributed by atoms with E-state index >= 15 is 0 Å². The highest BCUT2D eigenvalue weighted by atomic mass is 19.1. The second-order valence-corrected chi connectivity index (χ2v) is 6.62. The van der Waals surface area contributed by atoms with Gasteiger partial charge in [-0.25, -0.2) is 9.37 Å². The molecule has 7 nitrogen and oxygen atoms in total. The van der Waals surface area contributed by atoms with Gasteiger partial charge in [0.25, 0.3) is 0 Å². The predicted molar refractivity (Wildman–Crippen MR) is 94.2 cm³/mol. The number of halogens is 1. The zero-order valence-electron chi connectivity index (χ0n) is 14.2. The van der Waals surface area contributed by atoms with Crippen LogP contribution in [0, 0.1) is 5.82 Å². The summed E-state index contributed by atoms with van der Waals surface area (Å²) >= 11 is 0. The van der Waals surface area contributed by atoms with Crippen molar-refractivity contribution in [1.29, 1.82) is 0 Å². The number of aliphatic hydroxyl groups excluding tert-OH is 4. The second kappa shape index (κ2) is 6.99. The lowest BCUT2D eigenvalue weighted by Crippen LogP contribution is -2.55. The Labute approximate surface area is 153 Å². The summed E-state index contributed by atoms with van der Waals surface area (Å²) in [5.74, 6) is 0.137. The SMILES string of the molecule is OC[C@H]1O[C@H](c2cccc(-c3nc4cc(F)ccc4[nH]3)c2)[C@@H](O)[C@@H](O)[C@@H]1O. The van der Waals surface area contributed by atoms with Crippen molar-refractivity contribution < 1.29 is 29.6 Å². The van der Waals surface area contributed by atoms with Gasteiger partial charge in [0.15, 0.2) is 0 Å². The van der Waals surface area contributed by atoms with Gasteiger partial charge in [-0.15, -0.1) is 0 Å². The molecule has 0 bridgehead atoms. The molecule has 1 saturated heterocycles. The molecule has 5 N–H and O–H groups in total. The minimum Gasteiger partial charge on any atom is -0.394 e. The van der Waals surface area contributed by atoms with Gasteiger partial charge in [0, 0.05) is 11.6 Å². The molecule has 1 aromatic heterocycles. The van der Waals surface area contributed by atoms with Gasteiger partial charge in [-0.3, -0.25) is 0 Å². The molecular weight excluding hydrogens is 355 g/mol. The van der Waals surface area contributed by atoms with Gasteiger partial charge < -0.3 is 30.1 Å². The maximum Gasteiger partial charge on any atom is 0.138 e. The molecule has 1 aliphatic rings. The Kier molecular flexibility index (Phi) is 4.67. The van der Waals surface area contributed by atoms with Crippen molar-refractivity contribution in [1.82, 2.24) is 9.97 Å². The summed E-state index contributed by atoms with van der Waals surface area (Å²) in [5.41, 5.74) is 2.41. The van der Waals surface area contributed by atoms with Gasteiger partial charge in [-0.1, -0.05) is 18.2 Å². The molecule has 5 atom stereocenters. The zero-order valence-corrected chi connectivity index (χ0v) is 14.2. The average molecular weight is 374 g/mol. The number of nitrogens with zero attached hydrogens (tertiary/aromatic N) is 1. The molecule has 2 heterocycles. The highest BCUT2D eigenvalue weighted by Crippen LogP contribution is 2.34. The Morgan fingerprint density at radius 2 is 1.85 bits per heavy atom. The number of fused-ring (bicyclic) bond motifs is 1. The Balaban J connectivity index is 1.69. The largest absolute Gasteiger partial charge is 0.394 e. The first kappa shape index (κ1) is 18.0. The number of hydrogen-bond acceptors (Lipinski definition) is 6. The highest BCUT2D eigenvalue weighted by molar-refractivity contribution is 5.79. The van der Waals surface area contributed by atoms with Crippen molar-refractivity contribution in [2.24, 2.45) is 0 Å². The summed E-state index contributed by atoms with van der Waals surface area (Å²) in [6.07, 6.45) is -6.12. The molecule has 3 aromatic rings. The minimum atomic E-state index is -1.45. The van der Waals surface area contributed by atoms with Crippen molar-refractivity contribution >= 4 is 11.0 Å². The molecule has 2 aromatic carbocycles. The van der Waals surface area contributed by atoms with Crippen LogP contribution in [0.25, 0.3) is 22.4 Å². The van der Waals surface area contributed by atoms with Crippen LogP contribution in [0.4, 0.5) is 4.39 Å². The first-order valence-corrected chi connectivity index (χ1v) is 8.54. The van der Waals surface area contributed by atoms with Crippen molar-refractivity contribution in [2.45, 2.75) is 30.5 Å². The van der Waals surface area contributed by atoms with Gasteiger partial charge in [-0.05, 0) is 23.8 Å². The van der Waals surface area contributed by atoms with Crippen LogP contribution < -0.4 is 0 Å². The summed E-state index contributed by atoms with van der Waals surface area (Å²) in [6.45, 7) is -0.490. The number of ether oxygens (including phenoxy) is 1. The number of hydrogen-bond donors (Lipinski definition) is 5. The first-order valence-electron chi connectivity index (χ1n) is 8.54. The molecule has 8 heteroatoms. The standard InChI is InChI=1S/C19H19FN2O5/c20-11-4-5-12-13(7-11)22-19(21-12)10-3-1-2-9(6-10)18-17(26)16(25)15(24)14(8-23)27-18/h1-7,14-18,23-26H,8H2,(H,21,22)/t14-,15-,16+,17+,18-/m1/s1. The van der Waals surface area contributed by atoms with E-state index in [4.69, 9.17) is 4.74 Å². The molecular formula is C19H19FN2O5. The molecule has 0 amide bonds. The third kappa shape index (κ3) is 3.22. The van der Waals surface area contributed by atoms with E-state index < -0.39 is 37.1 Å². The number of benzene rings is 2. The van der Waals surface area contributed by atoms with Crippen molar-refractivity contribution in [2.75, 3.05) is 6.61 Å². The second-order valence-electron chi connectivity index (χ2n) is 6.62. The highest BCUT2D eigenvalue weighted by Gasteiger charge is 2.43. The van der Waals surface area contributed by atoms with Gasteiger partial charge in [0.05, 0.1) is 17.6 Å². The predicted octanol–water partition coefficient (Wildman–Crippen LogP) is 0.884. The quantitative estimate of drug-likeness (QED) is 0.465. The normalized spacial score (nSPS) is 28.6. The summed E-state index contributed by atoms with van der Waals surface area (Å²) in [5, 5.41) is 39.6. The number of nitrogens with one attached hydrogen (secondary N) is 1. The van der Waals surface area contributed by atoms with Crippen LogP contribution in [0.15, 0.2) is 42.5 Å². The topological polar surface area (TPSA) is 119 Å². The van der Waals surface area contributed by atoms with E-state index in [0.717, 1.165) is 0 Å². The molecule has 1 fully saturated rings. The fourth-order valence-corrected chi connectivity index (χ4v) is 3.36. The lowest BCUT2D eigenvalue weighted by molar-refractivity contribution is -0.231. The molecule has 1 aliphatic heterocycles. The summed E-state index contributed by atoms with van der Waals surface area (Å²) < 4.78 is 19.0. The molecule has 0 aliphatic carbocycles. The smallest absolute Gasteiger partial charge is 0.138 e. The van der Waals surface area contributed by atoms with Gasteiger partial charge >= 0.3 is 0 Å². The van der Waals surface area contributed by atoms with E-state index in [1.807, 2.05) is 0 Å². The molecule has 0 radical (unpaired) electrons. The van der Waals surface area contributed by atoms with Crippen LogP contribution in [0.2, 0.25) is 0 Å². The van der Waals surface area contributed by atoms with Crippen molar-refractivity contribution in [3.8, 4) is 11.4 Å². The van der Waals surface area contributed by atoms with Gasteiger partial charge in [-0.2, -0.15) is 0 Å². The van der Waals surface area contributed by atoms with Crippen LogP contribution in [0.5, 0.6) is 0 Å². The summed E-state index contributed by atoms with van der Waals surface area (Å²) in [7, 11) is 0. The van der Waals surface area contributed by atoms with E-state index in [-0.39, 0.29) is 5.82 Å². The Morgan fingerprint density at radius 3 is 2.63 bits per heavy atom. The van der Waals surface area contributed by atoms with Crippen LogP contribution in [0.3, 0.4) is 0 Å². The molecule has 27 heavy (non-hydrogen) atoms. The fourth-order valence-electron chi connectivity index (χ4n) is 3.36. The van der Waals surface area contributed by atoms with Crippen molar-refractivity contribution in [3.63, 3.8) is 0 Å². The van der Waals surface area contributed by atoms with Crippen LogP contribution in [-0.4, -0.2) is 61.4 Å². The Bertz CT molecular complexity index is 960. The van der Waals surface area contributed by atoms with E-state index in [0.29, 0.717) is 28.0 Å². The summed E-state index contributed by atoms with van der Waals surface area (Å²) in [4.78, 5) is 7.48. The van der Waals surface area contributed by atoms with Crippen molar-refractivity contribution in [3.05, 3.63) is 53.8 Å². The number of aromatic amines is 1. The Morgan fingerprint density at radius 1 is 1.04 bits per heavy atom. The number of aromatic nitrogens is 2. The lowest BCUT2D eigenvalue weighted by Gasteiger charge is -2.40. The molecule has 0 unspecified atom stereocenters. The molecule has 142 valence electrons. The third-order valence-electron chi connectivity index (χ3n) is 4.83. The summed E-state index contributed by atoms with van der Waals surface area (Å²) in [6, 6.07) is 11.2. The van der Waals surface area contributed by atoms with Gasteiger partial charge in [0.1, 0.15) is 42.2 Å². The van der Waals surface area contributed by atoms with E-state index in [9.17, 15) is 24.8 Å². The van der Waals surface area contributed by atoms with Crippen LogP contribution in [0.1, 0.15) is 11.7 Å². The zero-order chi connectivity index (χ0) is 19.1. The lowest BCUT2D eigenvalue weighted by atomic mass is 9.90. The van der Waals surface area contributed by atoms with Crippen LogP contribution >= 0.6 is 0 Å². The molecule has 0 spiro atoms. The maximum atomic E-state index is 13.4. The van der Waals surface area contributed by atoms with E-state index in [1.165, 1.54) is 12.1 Å². The third-order valence-corrected chi connectivity index (χ3v) is 4.83. The van der Waals surface area contributed by atoms with E-state index in [1.54, 1.807) is 30.3 Å². The van der Waals surface area contributed by atoms with Crippen LogP contribution in [-0.2, 0) is 4.74 Å². The Hall–Kier alpha value is -2.36. The monoisotopic (exact) mass is 374 g/mol. The number of H-pyrrole nitrogens is 1. The number of rotatable bonds is 3. The fraction of sp³-hybridized carbons (Fsp3) is 0.316. The first-order chi connectivity index (χ1) is 13.0.